The predicted octanol–water partition coefficient (Wildman–Crippen LogP) is 5.79. The molecule has 0 radical (unpaired) electrons. The summed E-state index contributed by atoms with van der Waals surface area (Å²) in [5, 5.41) is 13.5. The minimum atomic E-state index is -3.25. The number of aliphatic hydroxyl groups is 1. The van der Waals surface area contributed by atoms with Crippen LogP contribution in [0.4, 0.5) is 9.80 Å². The number of amides is 1. The number of carbonyl (C=O) groups is 1. The van der Waals surface area contributed by atoms with Crippen molar-refractivity contribution in [3.8, 4) is 5.69 Å². The highest BCUT2D eigenvalue weighted by atomic mass is 79.9. The highest BCUT2D eigenvalue weighted by Crippen LogP contribution is 2.60. The number of halogens is 2. The Morgan fingerprint density at radius 1 is 1.10 bits per heavy atom. The maximum atomic E-state index is 15.7. The average molecular weight is 625 g/mol. The maximum Gasteiger partial charge on any atom is 0.279 e. The van der Waals surface area contributed by atoms with Crippen LogP contribution >= 0.6 is 15.9 Å². The molecule has 2 N–H and O–H groups in total. The SMILES string of the molecule is C[C@H]1[C@H]([Si](C)(C)F)[C@@H](CCO)O[C@]12C(=O)N(Cc1ccc(-n3[nH]c4ccccc4c3=O)cc1)c1ccc(Br)cc12. The summed E-state index contributed by atoms with van der Waals surface area (Å²) in [6.45, 7) is 5.37. The number of aliphatic hydroxyl groups excluding tert-OH is 1. The van der Waals surface area contributed by atoms with Crippen LogP contribution in [0, 0.1) is 5.92 Å². The van der Waals surface area contributed by atoms with Crippen molar-refractivity contribution in [1.82, 2.24) is 9.78 Å². The predicted molar refractivity (Wildman–Crippen MR) is 159 cm³/mol. The van der Waals surface area contributed by atoms with E-state index in [-0.39, 0.29) is 24.5 Å². The lowest BCUT2D eigenvalue weighted by Crippen LogP contribution is -2.45. The molecule has 2 aliphatic rings. The molecule has 1 saturated heterocycles. The molecular weight excluding hydrogens is 593 g/mol. The van der Waals surface area contributed by atoms with Crippen molar-refractivity contribution in [3.63, 3.8) is 0 Å². The standard InChI is InChI=1S/C30H31BrFN3O4Si/c1-18-27(40(2,3)32)26(14-15-36)39-30(18)23-16-20(31)10-13-25(23)34(29(30)38)17-19-8-11-21(12-9-19)35-28(37)22-6-4-5-7-24(22)33-35/h4-13,16,18,26-27,33,36H,14-15,17H2,1-3H3/t18-,26+,27-,30+/m0/s1. The lowest BCUT2D eigenvalue weighted by molar-refractivity contribution is -0.146. The molecule has 1 spiro atoms. The Kier molecular flexibility index (Phi) is 6.64. The number of nitrogens with one attached hydrogen (secondary N) is 1. The summed E-state index contributed by atoms with van der Waals surface area (Å²) in [6, 6.07) is 20.6. The molecular formula is C30H31BrFN3O4Si. The fraction of sp³-hybridized carbons (Fsp3) is 0.333. The second-order valence-corrected chi connectivity index (χ2v) is 16.0. The van der Waals surface area contributed by atoms with Crippen molar-refractivity contribution >= 4 is 46.8 Å². The van der Waals surface area contributed by atoms with Crippen LogP contribution in [-0.4, -0.2) is 41.9 Å². The number of para-hydroxylation sites is 1. The zero-order valence-electron chi connectivity index (χ0n) is 22.5. The third-order valence-corrected chi connectivity index (χ3v) is 11.4. The fourth-order valence-corrected chi connectivity index (χ4v) is 9.65. The first kappa shape index (κ1) is 27.1. The summed E-state index contributed by atoms with van der Waals surface area (Å²) in [5.74, 6) is -0.620. The first-order valence-electron chi connectivity index (χ1n) is 13.4. The Bertz CT molecular complexity index is 1660. The summed E-state index contributed by atoms with van der Waals surface area (Å²) < 4.78 is 24.6. The summed E-state index contributed by atoms with van der Waals surface area (Å²) in [5.41, 5.74) is 1.90. The van der Waals surface area contributed by atoms with Crippen LogP contribution in [0.1, 0.15) is 24.5 Å². The third kappa shape index (κ3) is 4.11. The largest absolute Gasteiger partial charge is 0.396 e. The Hall–Kier alpha value is -3.05. The van der Waals surface area contributed by atoms with E-state index in [4.69, 9.17) is 4.74 Å². The van der Waals surface area contributed by atoms with E-state index >= 15 is 4.11 Å². The number of hydrogen-bond acceptors (Lipinski definition) is 4. The molecule has 3 aromatic carbocycles. The molecule has 0 unspecified atom stereocenters. The van der Waals surface area contributed by atoms with Gasteiger partial charge in [-0.15, -0.1) is 0 Å². The van der Waals surface area contributed by atoms with Crippen molar-refractivity contribution in [2.75, 3.05) is 11.5 Å². The van der Waals surface area contributed by atoms with Gasteiger partial charge in [0.25, 0.3) is 11.5 Å². The highest BCUT2D eigenvalue weighted by Gasteiger charge is 2.66. The number of rotatable bonds is 6. The number of ether oxygens (including phenoxy) is 1. The summed E-state index contributed by atoms with van der Waals surface area (Å²) >= 11 is 3.55. The molecule has 10 heteroatoms. The van der Waals surface area contributed by atoms with Gasteiger partial charge in [-0.1, -0.05) is 47.1 Å². The summed E-state index contributed by atoms with van der Waals surface area (Å²) in [7, 11) is -3.25. The monoisotopic (exact) mass is 623 g/mol. The third-order valence-electron chi connectivity index (χ3n) is 8.46. The van der Waals surface area contributed by atoms with Crippen molar-refractivity contribution in [2.24, 2.45) is 5.92 Å². The van der Waals surface area contributed by atoms with Gasteiger partial charge in [0.1, 0.15) is 0 Å². The van der Waals surface area contributed by atoms with E-state index in [1.807, 2.05) is 67.6 Å². The van der Waals surface area contributed by atoms with Crippen LogP contribution in [0.25, 0.3) is 16.6 Å². The molecule has 2 aliphatic heterocycles. The van der Waals surface area contributed by atoms with E-state index < -0.39 is 31.6 Å². The van der Waals surface area contributed by atoms with Gasteiger partial charge in [-0.3, -0.25) is 14.7 Å². The van der Waals surface area contributed by atoms with E-state index in [0.29, 0.717) is 17.6 Å². The molecule has 3 heterocycles. The van der Waals surface area contributed by atoms with Gasteiger partial charge in [0, 0.05) is 28.1 Å². The van der Waals surface area contributed by atoms with Gasteiger partial charge >= 0.3 is 0 Å². The molecule has 1 fully saturated rings. The molecule has 0 aliphatic carbocycles. The number of fused-ring (bicyclic) bond motifs is 3. The molecule has 208 valence electrons. The van der Waals surface area contributed by atoms with Crippen molar-refractivity contribution in [1.29, 1.82) is 0 Å². The Labute approximate surface area is 240 Å². The van der Waals surface area contributed by atoms with Gasteiger partial charge in [-0.25, -0.2) is 4.68 Å². The lowest BCUT2D eigenvalue weighted by atomic mass is 9.82. The van der Waals surface area contributed by atoms with Crippen LogP contribution in [0.5, 0.6) is 0 Å². The Balaban J connectivity index is 1.36. The van der Waals surface area contributed by atoms with Crippen molar-refractivity contribution < 1.29 is 18.7 Å². The van der Waals surface area contributed by atoms with Gasteiger partial charge in [0.2, 0.25) is 8.41 Å². The molecule has 40 heavy (non-hydrogen) atoms. The first-order valence-corrected chi connectivity index (χ1v) is 17.2. The number of carbonyl (C=O) groups excluding carboxylic acids is 1. The van der Waals surface area contributed by atoms with E-state index in [2.05, 4.69) is 21.0 Å². The normalized spacial score (nSPS) is 24.4. The second-order valence-electron chi connectivity index (χ2n) is 11.3. The molecule has 1 aromatic heterocycles. The van der Waals surface area contributed by atoms with Crippen molar-refractivity contribution in [3.05, 3.63) is 92.7 Å². The van der Waals surface area contributed by atoms with Gasteiger partial charge in [-0.2, -0.15) is 0 Å². The van der Waals surface area contributed by atoms with Crippen LogP contribution in [0.15, 0.2) is 76.0 Å². The first-order chi connectivity index (χ1) is 19.1. The van der Waals surface area contributed by atoms with Gasteiger partial charge in [0.15, 0.2) is 5.60 Å². The molecule has 6 rings (SSSR count). The molecule has 1 amide bonds. The molecule has 4 aromatic rings. The average Bonchev–Trinajstić information content (AvgIpc) is 3.49. The minimum Gasteiger partial charge on any atom is -0.396 e. The topological polar surface area (TPSA) is 87.6 Å². The van der Waals surface area contributed by atoms with Crippen LogP contribution in [0.2, 0.25) is 18.6 Å². The van der Waals surface area contributed by atoms with E-state index in [1.165, 1.54) is 4.68 Å². The maximum absolute atomic E-state index is 15.7. The van der Waals surface area contributed by atoms with Gasteiger partial charge in [-0.05, 0) is 67.5 Å². The number of nitrogens with zero attached hydrogens (tertiary/aromatic N) is 2. The minimum absolute atomic E-state index is 0.127. The molecule has 7 nitrogen and oxygen atoms in total. The molecule has 0 saturated carbocycles. The number of aromatic amines is 1. The molecule has 4 atom stereocenters. The second kappa shape index (κ2) is 9.80. The van der Waals surface area contributed by atoms with E-state index in [0.717, 1.165) is 26.8 Å². The van der Waals surface area contributed by atoms with E-state index in [1.54, 1.807) is 24.1 Å². The summed E-state index contributed by atoms with van der Waals surface area (Å²) in [6.07, 6.45) is -0.265. The quantitative estimate of drug-likeness (QED) is 0.210. The van der Waals surface area contributed by atoms with Gasteiger partial charge < -0.3 is 18.9 Å². The van der Waals surface area contributed by atoms with Crippen molar-refractivity contribution in [2.45, 2.75) is 50.2 Å². The van der Waals surface area contributed by atoms with Gasteiger partial charge in [0.05, 0.1) is 34.9 Å². The number of H-pyrrole nitrogens is 1. The fourth-order valence-electron chi connectivity index (χ4n) is 6.75. The lowest BCUT2D eigenvalue weighted by Gasteiger charge is -2.31. The van der Waals surface area contributed by atoms with Crippen LogP contribution in [0.3, 0.4) is 0 Å². The van der Waals surface area contributed by atoms with Crippen LogP contribution in [-0.2, 0) is 21.7 Å². The molecule has 0 bridgehead atoms. The number of aromatic nitrogens is 2. The number of hydrogen-bond donors (Lipinski definition) is 2. The number of benzene rings is 3. The highest BCUT2D eigenvalue weighted by molar-refractivity contribution is 9.10. The van der Waals surface area contributed by atoms with Crippen LogP contribution < -0.4 is 10.5 Å². The smallest absolute Gasteiger partial charge is 0.279 e. The van der Waals surface area contributed by atoms with E-state index in [9.17, 15) is 14.7 Å². The summed E-state index contributed by atoms with van der Waals surface area (Å²) in [4.78, 5) is 28.9. The Morgan fingerprint density at radius 3 is 2.50 bits per heavy atom. The zero-order chi connectivity index (χ0) is 28.4. The number of anilines is 1. The Morgan fingerprint density at radius 2 is 1.82 bits per heavy atom. The zero-order valence-corrected chi connectivity index (χ0v) is 25.1.